The molecular formula is C15H15BFN3O2S. The molecule has 0 amide bonds. The van der Waals surface area contributed by atoms with Crippen LogP contribution in [0.5, 0.6) is 0 Å². The van der Waals surface area contributed by atoms with Crippen LogP contribution in [0.25, 0.3) is 0 Å². The molecule has 0 aliphatic carbocycles. The maximum Gasteiger partial charge on any atom is 0.489 e. The third-order valence-corrected chi connectivity index (χ3v) is 3.76. The van der Waals surface area contributed by atoms with Gasteiger partial charge in [-0.15, -0.1) is 5.10 Å². The van der Waals surface area contributed by atoms with Gasteiger partial charge in [-0.1, -0.05) is 48.2 Å². The molecule has 2 aromatic carbocycles. The van der Waals surface area contributed by atoms with Crippen molar-refractivity contribution in [3.05, 3.63) is 65.5 Å². The fourth-order valence-corrected chi connectivity index (χ4v) is 2.41. The molecule has 23 heavy (non-hydrogen) atoms. The van der Waals surface area contributed by atoms with E-state index in [-0.39, 0.29) is 16.2 Å². The van der Waals surface area contributed by atoms with Crippen molar-refractivity contribution in [3.8, 4) is 0 Å². The number of nitrogens with two attached hydrogens (primary N) is 1. The number of hydrogen-bond acceptors (Lipinski definition) is 5. The van der Waals surface area contributed by atoms with Crippen LogP contribution in [0.3, 0.4) is 0 Å². The van der Waals surface area contributed by atoms with Gasteiger partial charge in [-0.25, -0.2) is 4.39 Å². The number of nitrogens with zero attached hydrogens (tertiary/aromatic N) is 2. The number of hydrogen-bond donors (Lipinski definition) is 3. The number of halogens is 1. The van der Waals surface area contributed by atoms with E-state index in [1.807, 2.05) is 30.3 Å². The number of benzene rings is 2. The van der Waals surface area contributed by atoms with Gasteiger partial charge in [0, 0.05) is 5.75 Å². The van der Waals surface area contributed by atoms with Crippen LogP contribution in [0.2, 0.25) is 0 Å². The zero-order valence-electron chi connectivity index (χ0n) is 12.1. The summed E-state index contributed by atoms with van der Waals surface area (Å²) >= 11 is 1.32. The maximum absolute atomic E-state index is 13.2. The SMILES string of the molecule is NC(=NN=Cc1cc(F)ccc1B(O)O)SCc1ccccc1. The first-order valence-electron chi connectivity index (χ1n) is 6.75. The molecule has 0 saturated heterocycles. The molecule has 2 aromatic rings. The molecular weight excluding hydrogens is 316 g/mol. The van der Waals surface area contributed by atoms with Crippen LogP contribution in [0.4, 0.5) is 4.39 Å². The van der Waals surface area contributed by atoms with Crippen molar-refractivity contribution in [1.29, 1.82) is 0 Å². The summed E-state index contributed by atoms with van der Waals surface area (Å²) in [5.41, 5.74) is 7.21. The van der Waals surface area contributed by atoms with E-state index in [1.165, 1.54) is 24.0 Å². The van der Waals surface area contributed by atoms with Crippen molar-refractivity contribution in [2.75, 3.05) is 0 Å². The normalized spacial score (nSPS) is 11.9. The van der Waals surface area contributed by atoms with Gasteiger partial charge in [-0.3, -0.25) is 0 Å². The lowest BCUT2D eigenvalue weighted by molar-refractivity contribution is 0.425. The second-order valence-corrected chi connectivity index (χ2v) is 5.60. The maximum atomic E-state index is 13.2. The first-order valence-corrected chi connectivity index (χ1v) is 7.73. The van der Waals surface area contributed by atoms with Crippen LogP contribution in [0, 0.1) is 5.82 Å². The highest BCUT2D eigenvalue weighted by atomic mass is 32.2. The lowest BCUT2D eigenvalue weighted by atomic mass is 9.77. The van der Waals surface area contributed by atoms with E-state index in [2.05, 4.69) is 10.2 Å². The van der Waals surface area contributed by atoms with E-state index in [0.717, 1.165) is 17.7 Å². The summed E-state index contributed by atoms with van der Waals surface area (Å²) in [5.74, 6) is 0.151. The van der Waals surface area contributed by atoms with Crippen molar-refractivity contribution in [1.82, 2.24) is 0 Å². The third-order valence-electron chi connectivity index (χ3n) is 2.91. The lowest BCUT2D eigenvalue weighted by Crippen LogP contribution is -2.33. The summed E-state index contributed by atoms with van der Waals surface area (Å²) in [4.78, 5) is 0. The highest BCUT2D eigenvalue weighted by molar-refractivity contribution is 8.13. The minimum atomic E-state index is -1.72. The Balaban J connectivity index is 2.01. The van der Waals surface area contributed by atoms with Gasteiger partial charge in [0.1, 0.15) is 5.82 Å². The van der Waals surface area contributed by atoms with Gasteiger partial charge in [0.25, 0.3) is 0 Å². The van der Waals surface area contributed by atoms with Crippen molar-refractivity contribution in [2.24, 2.45) is 15.9 Å². The Bertz CT molecular complexity index is 711. The molecule has 0 fully saturated rings. The molecule has 0 atom stereocenters. The summed E-state index contributed by atoms with van der Waals surface area (Å²) in [6, 6.07) is 13.3. The van der Waals surface area contributed by atoms with Crippen LogP contribution in [-0.2, 0) is 5.75 Å². The molecule has 0 heterocycles. The third kappa shape index (κ3) is 5.52. The summed E-state index contributed by atoms with van der Waals surface area (Å²) in [7, 11) is -1.72. The summed E-state index contributed by atoms with van der Waals surface area (Å²) in [5, 5.41) is 26.3. The highest BCUT2D eigenvalue weighted by Crippen LogP contribution is 2.11. The van der Waals surface area contributed by atoms with Crippen LogP contribution in [-0.4, -0.2) is 28.5 Å². The standard InChI is InChI=1S/C15H15BFN3O2S/c17-13-6-7-14(16(21)22)12(8-13)9-19-20-15(18)23-10-11-4-2-1-3-5-11/h1-9,21-22H,10H2,(H2,18,20). The second kappa shape index (κ2) is 8.47. The molecule has 4 N–H and O–H groups in total. The Hall–Kier alpha value is -2.16. The lowest BCUT2D eigenvalue weighted by Gasteiger charge is -2.03. The van der Waals surface area contributed by atoms with Crippen molar-refractivity contribution < 1.29 is 14.4 Å². The van der Waals surface area contributed by atoms with Crippen molar-refractivity contribution >= 4 is 35.7 Å². The van der Waals surface area contributed by atoms with Crippen LogP contribution in [0.15, 0.2) is 58.7 Å². The summed E-state index contributed by atoms with van der Waals surface area (Å²) in [6.07, 6.45) is 1.23. The Morgan fingerprint density at radius 1 is 1.22 bits per heavy atom. The highest BCUT2D eigenvalue weighted by Gasteiger charge is 2.15. The van der Waals surface area contributed by atoms with Crippen molar-refractivity contribution in [2.45, 2.75) is 5.75 Å². The first-order chi connectivity index (χ1) is 11.1. The fraction of sp³-hybridized carbons (Fsp3) is 0.0667. The molecule has 2 rings (SSSR count). The van der Waals surface area contributed by atoms with E-state index < -0.39 is 12.9 Å². The molecule has 0 unspecified atom stereocenters. The van der Waals surface area contributed by atoms with Gasteiger partial charge < -0.3 is 15.8 Å². The van der Waals surface area contributed by atoms with Gasteiger partial charge in [0.05, 0.1) is 6.21 Å². The van der Waals surface area contributed by atoms with E-state index in [9.17, 15) is 14.4 Å². The Morgan fingerprint density at radius 3 is 2.65 bits per heavy atom. The first kappa shape index (κ1) is 17.2. The van der Waals surface area contributed by atoms with Crippen molar-refractivity contribution in [3.63, 3.8) is 0 Å². The predicted molar refractivity (Wildman–Crippen MR) is 93.2 cm³/mol. The Morgan fingerprint density at radius 2 is 1.96 bits per heavy atom. The van der Waals surface area contributed by atoms with E-state index in [1.54, 1.807) is 0 Å². The van der Waals surface area contributed by atoms with Gasteiger partial charge in [-0.05, 0) is 28.7 Å². The monoisotopic (exact) mass is 331 g/mol. The van der Waals surface area contributed by atoms with Crippen LogP contribution in [0.1, 0.15) is 11.1 Å². The summed E-state index contributed by atoms with van der Waals surface area (Å²) in [6.45, 7) is 0. The van der Waals surface area contributed by atoms with E-state index in [0.29, 0.717) is 5.75 Å². The molecule has 118 valence electrons. The van der Waals surface area contributed by atoms with Gasteiger partial charge in [-0.2, -0.15) is 5.10 Å². The molecule has 8 heteroatoms. The summed E-state index contributed by atoms with van der Waals surface area (Å²) < 4.78 is 13.2. The predicted octanol–water partition coefficient (Wildman–Crippen LogP) is 1.09. The molecule has 0 bridgehead atoms. The van der Waals surface area contributed by atoms with E-state index in [4.69, 9.17) is 5.73 Å². The Labute approximate surface area is 137 Å². The molecule has 0 spiro atoms. The zero-order valence-corrected chi connectivity index (χ0v) is 12.9. The molecule has 0 aliphatic heterocycles. The number of rotatable bonds is 5. The quantitative estimate of drug-likeness (QED) is 0.331. The molecule has 0 radical (unpaired) electrons. The van der Waals surface area contributed by atoms with Gasteiger partial charge >= 0.3 is 7.12 Å². The van der Waals surface area contributed by atoms with Crippen LogP contribution >= 0.6 is 11.8 Å². The van der Waals surface area contributed by atoms with Gasteiger partial charge in [0.2, 0.25) is 0 Å². The minimum Gasteiger partial charge on any atom is -0.423 e. The largest absolute Gasteiger partial charge is 0.489 e. The van der Waals surface area contributed by atoms with E-state index >= 15 is 0 Å². The molecule has 5 nitrogen and oxygen atoms in total. The number of amidine groups is 1. The topological polar surface area (TPSA) is 91.2 Å². The Kier molecular flexibility index (Phi) is 6.34. The zero-order chi connectivity index (χ0) is 16.7. The molecule has 0 saturated carbocycles. The number of thioether (sulfide) groups is 1. The van der Waals surface area contributed by atoms with Gasteiger partial charge in [0.15, 0.2) is 5.17 Å². The molecule has 0 aliphatic rings. The average molecular weight is 331 g/mol. The fourth-order valence-electron chi connectivity index (χ4n) is 1.80. The minimum absolute atomic E-state index is 0.140. The molecule has 0 aromatic heterocycles. The van der Waals surface area contributed by atoms with Crippen LogP contribution < -0.4 is 11.2 Å². The second-order valence-electron chi connectivity index (χ2n) is 4.60. The smallest absolute Gasteiger partial charge is 0.423 e. The average Bonchev–Trinajstić information content (AvgIpc) is 2.54.